The number of amides is 2. The van der Waals surface area contributed by atoms with E-state index in [1.54, 1.807) is 41.3 Å². The van der Waals surface area contributed by atoms with Crippen molar-refractivity contribution in [3.8, 4) is 0 Å². The number of carbonyl (C=O) groups excluding carboxylic acids is 2. The van der Waals surface area contributed by atoms with E-state index in [4.69, 9.17) is 11.6 Å². The van der Waals surface area contributed by atoms with E-state index < -0.39 is 4.92 Å². The molecule has 2 amide bonds. The van der Waals surface area contributed by atoms with Crippen LogP contribution in [0.2, 0.25) is 5.02 Å². The second-order valence-electron chi connectivity index (χ2n) is 5.93. The van der Waals surface area contributed by atoms with E-state index in [0.29, 0.717) is 34.9 Å². The minimum absolute atomic E-state index is 0.0278. The molecule has 26 heavy (non-hydrogen) atoms. The number of nitrogens with zero attached hydrogens (tertiary/aromatic N) is 2. The van der Waals surface area contributed by atoms with Gasteiger partial charge in [0.2, 0.25) is 11.8 Å². The van der Waals surface area contributed by atoms with Gasteiger partial charge < -0.3 is 10.2 Å². The van der Waals surface area contributed by atoms with Crippen molar-refractivity contribution < 1.29 is 14.5 Å². The Morgan fingerprint density at radius 2 is 2.04 bits per heavy atom. The molecule has 1 aliphatic heterocycles. The molecular formula is C18H16ClN3O4. The van der Waals surface area contributed by atoms with Gasteiger partial charge in [0.05, 0.1) is 22.1 Å². The third kappa shape index (κ3) is 3.83. The number of carbonyl (C=O) groups is 2. The van der Waals surface area contributed by atoms with Crippen LogP contribution in [0.3, 0.4) is 0 Å². The van der Waals surface area contributed by atoms with Gasteiger partial charge in [0, 0.05) is 30.3 Å². The Kier molecular flexibility index (Phi) is 5.18. The van der Waals surface area contributed by atoms with Crippen LogP contribution in [0.4, 0.5) is 17.1 Å². The number of hydrogen-bond donors (Lipinski definition) is 1. The van der Waals surface area contributed by atoms with E-state index in [0.717, 1.165) is 6.42 Å². The quantitative estimate of drug-likeness (QED) is 0.640. The summed E-state index contributed by atoms with van der Waals surface area (Å²) in [5, 5.41) is 14.1. The maximum atomic E-state index is 12.2. The highest BCUT2D eigenvalue weighted by molar-refractivity contribution is 6.34. The fourth-order valence-electron chi connectivity index (χ4n) is 2.92. The van der Waals surface area contributed by atoms with Gasteiger partial charge in [-0.15, -0.1) is 0 Å². The second kappa shape index (κ2) is 7.53. The standard InChI is InChI=1S/C18H16ClN3O4/c19-14-11-13(7-8-16(14)21-9-3-6-18(21)24)20-17(23)10-12-4-1-2-5-15(12)22(25)26/h1-2,4-5,7-8,11H,3,6,9-10H2,(H,20,23). The summed E-state index contributed by atoms with van der Waals surface area (Å²) >= 11 is 6.25. The molecule has 0 spiro atoms. The van der Waals surface area contributed by atoms with E-state index in [1.165, 1.54) is 6.07 Å². The number of nitro benzene ring substituents is 1. The normalized spacial score (nSPS) is 13.7. The van der Waals surface area contributed by atoms with E-state index >= 15 is 0 Å². The number of halogens is 1. The lowest BCUT2D eigenvalue weighted by Crippen LogP contribution is -2.24. The molecule has 1 heterocycles. The molecule has 3 rings (SSSR count). The van der Waals surface area contributed by atoms with Crippen molar-refractivity contribution in [1.29, 1.82) is 0 Å². The molecule has 1 N–H and O–H groups in total. The van der Waals surface area contributed by atoms with Crippen LogP contribution < -0.4 is 10.2 Å². The fourth-order valence-corrected chi connectivity index (χ4v) is 3.21. The largest absolute Gasteiger partial charge is 0.326 e. The molecule has 1 saturated heterocycles. The zero-order valence-corrected chi connectivity index (χ0v) is 14.5. The Hall–Kier alpha value is -2.93. The average Bonchev–Trinajstić information content (AvgIpc) is 3.01. The van der Waals surface area contributed by atoms with Crippen LogP contribution in [-0.4, -0.2) is 23.3 Å². The molecule has 134 valence electrons. The third-order valence-electron chi connectivity index (χ3n) is 4.13. The molecule has 1 fully saturated rings. The molecule has 1 aliphatic rings. The zero-order valence-electron chi connectivity index (χ0n) is 13.8. The van der Waals surface area contributed by atoms with Crippen molar-refractivity contribution in [3.05, 3.63) is 63.2 Å². The first-order valence-corrected chi connectivity index (χ1v) is 8.45. The van der Waals surface area contributed by atoms with Crippen LogP contribution in [0, 0.1) is 10.1 Å². The Morgan fingerprint density at radius 1 is 1.27 bits per heavy atom. The minimum atomic E-state index is -0.513. The maximum absolute atomic E-state index is 12.2. The molecule has 0 saturated carbocycles. The van der Waals surface area contributed by atoms with E-state index in [1.807, 2.05) is 0 Å². The van der Waals surface area contributed by atoms with Crippen molar-refractivity contribution in [3.63, 3.8) is 0 Å². The Bertz CT molecular complexity index is 884. The van der Waals surface area contributed by atoms with Crippen LogP contribution in [0.15, 0.2) is 42.5 Å². The first-order chi connectivity index (χ1) is 12.5. The molecule has 0 aromatic heterocycles. The van der Waals surface area contributed by atoms with Gasteiger partial charge in [-0.25, -0.2) is 0 Å². The smallest absolute Gasteiger partial charge is 0.273 e. The highest BCUT2D eigenvalue weighted by atomic mass is 35.5. The summed E-state index contributed by atoms with van der Waals surface area (Å²) in [6.45, 7) is 0.627. The summed E-state index contributed by atoms with van der Waals surface area (Å²) in [5.41, 5.74) is 1.32. The summed E-state index contributed by atoms with van der Waals surface area (Å²) in [6.07, 6.45) is 1.18. The van der Waals surface area contributed by atoms with Gasteiger partial charge in [0.15, 0.2) is 0 Å². The van der Waals surface area contributed by atoms with Crippen molar-refractivity contribution >= 4 is 40.5 Å². The summed E-state index contributed by atoms with van der Waals surface area (Å²) in [7, 11) is 0. The number of anilines is 2. The number of nitrogens with one attached hydrogen (secondary N) is 1. The van der Waals surface area contributed by atoms with E-state index in [2.05, 4.69) is 5.32 Å². The first kappa shape index (κ1) is 17.9. The zero-order chi connectivity index (χ0) is 18.7. The summed E-state index contributed by atoms with van der Waals surface area (Å²) < 4.78 is 0. The molecule has 2 aromatic rings. The predicted octanol–water partition coefficient (Wildman–Crippen LogP) is 3.56. The van der Waals surface area contributed by atoms with Crippen molar-refractivity contribution in [2.24, 2.45) is 0 Å². The monoisotopic (exact) mass is 373 g/mol. The first-order valence-electron chi connectivity index (χ1n) is 8.08. The van der Waals surface area contributed by atoms with Crippen molar-refractivity contribution in [2.75, 3.05) is 16.8 Å². The minimum Gasteiger partial charge on any atom is -0.326 e. The van der Waals surface area contributed by atoms with Crippen LogP contribution in [0.1, 0.15) is 18.4 Å². The molecule has 2 aromatic carbocycles. The lowest BCUT2D eigenvalue weighted by molar-refractivity contribution is -0.385. The second-order valence-corrected chi connectivity index (χ2v) is 6.33. The summed E-state index contributed by atoms with van der Waals surface area (Å²) in [4.78, 5) is 36.2. The lowest BCUT2D eigenvalue weighted by atomic mass is 10.1. The molecule has 0 aliphatic carbocycles. The van der Waals surface area contributed by atoms with Crippen molar-refractivity contribution in [2.45, 2.75) is 19.3 Å². The topological polar surface area (TPSA) is 92.5 Å². The van der Waals surface area contributed by atoms with Gasteiger partial charge in [-0.05, 0) is 24.6 Å². The Labute approximate surface area is 154 Å². The maximum Gasteiger partial charge on any atom is 0.273 e. The Balaban J connectivity index is 1.71. The van der Waals surface area contributed by atoms with Crippen LogP contribution >= 0.6 is 11.6 Å². The van der Waals surface area contributed by atoms with Gasteiger partial charge in [0.25, 0.3) is 5.69 Å². The number of benzene rings is 2. The summed E-state index contributed by atoms with van der Waals surface area (Å²) in [5.74, 6) is -0.361. The van der Waals surface area contributed by atoms with Crippen LogP contribution in [0.5, 0.6) is 0 Å². The number of rotatable bonds is 5. The van der Waals surface area contributed by atoms with Crippen LogP contribution in [-0.2, 0) is 16.0 Å². The van der Waals surface area contributed by atoms with Crippen molar-refractivity contribution in [1.82, 2.24) is 0 Å². The van der Waals surface area contributed by atoms with Crippen LogP contribution in [0.25, 0.3) is 0 Å². The molecule has 0 bridgehead atoms. The third-order valence-corrected chi connectivity index (χ3v) is 4.44. The SMILES string of the molecule is O=C(Cc1ccccc1[N+](=O)[O-])Nc1ccc(N2CCCC2=O)c(Cl)c1. The molecule has 0 atom stereocenters. The van der Waals surface area contributed by atoms with E-state index in [9.17, 15) is 19.7 Å². The molecule has 0 unspecified atom stereocenters. The molecular weight excluding hydrogens is 358 g/mol. The molecule has 7 nitrogen and oxygen atoms in total. The molecule has 0 radical (unpaired) electrons. The highest BCUT2D eigenvalue weighted by Crippen LogP contribution is 2.31. The predicted molar refractivity (Wildman–Crippen MR) is 98.5 cm³/mol. The molecule has 8 heteroatoms. The number of para-hydroxylation sites is 1. The summed E-state index contributed by atoms with van der Waals surface area (Å²) in [6, 6.07) is 11.0. The highest BCUT2D eigenvalue weighted by Gasteiger charge is 2.23. The van der Waals surface area contributed by atoms with Gasteiger partial charge in [-0.3, -0.25) is 19.7 Å². The Morgan fingerprint density at radius 3 is 2.69 bits per heavy atom. The van der Waals surface area contributed by atoms with Gasteiger partial charge in [-0.2, -0.15) is 0 Å². The fraction of sp³-hybridized carbons (Fsp3) is 0.222. The number of nitro groups is 1. The van der Waals surface area contributed by atoms with Gasteiger partial charge in [-0.1, -0.05) is 29.8 Å². The van der Waals surface area contributed by atoms with Gasteiger partial charge in [0.1, 0.15) is 0 Å². The lowest BCUT2D eigenvalue weighted by Gasteiger charge is -2.18. The number of hydrogen-bond acceptors (Lipinski definition) is 4. The average molecular weight is 374 g/mol. The van der Waals surface area contributed by atoms with Gasteiger partial charge >= 0.3 is 0 Å². The van der Waals surface area contributed by atoms with E-state index in [-0.39, 0.29) is 23.9 Å².